The summed E-state index contributed by atoms with van der Waals surface area (Å²) in [6, 6.07) is 0. The standard InChI is InChI=1S/C10H15BrO3/c1-2-3-4-5-6-8(10(13)14)9(12)7-11/h6H,2-5,7H2,1H3,(H,13,14)/p-1/b8-6+. The second kappa shape index (κ2) is 7.74. The minimum atomic E-state index is -1.38. The van der Waals surface area contributed by atoms with Crippen LogP contribution in [0.1, 0.15) is 32.6 Å². The van der Waals surface area contributed by atoms with Gasteiger partial charge in [0, 0.05) is 5.57 Å². The van der Waals surface area contributed by atoms with Crippen molar-refractivity contribution < 1.29 is 14.7 Å². The van der Waals surface area contributed by atoms with Crippen LogP contribution >= 0.6 is 15.9 Å². The Morgan fingerprint density at radius 3 is 2.43 bits per heavy atom. The maximum absolute atomic E-state index is 11.1. The topological polar surface area (TPSA) is 57.2 Å². The number of unbranched alkanes of at least 4 members (excludes halogenated alkanes) is 3. The Hall–Kier alpha value is -0.640. The van der Waals surface area contributed by atoms with Gasteiger partial charge in [-0.2, -0.15) is 0 Å². The third-order valence-electron chi connectivity index (χ3n) is 1.80. The molecule has 0 rings (SSSR count). The molecule has 80 valence electrons. The molecule has 0 aromatic rings. The van der Waals surface area contributed by atoms with Gasteiger partial charge in [-0.15, -0.1) is 0 Å². The number of carboxylic acids is 1. The number of hydrogen-bond donors (Lipinski definition) is 0. The van der Waals surface area contributed by atoms with Crippen molar-refractivity contribution in [1.29, 1.82) is 0 Å². The summed E-state index contributed by atoms with van der Waals surface area (Å²) < 4.78 is 0. The summed E-state index contributed by atoms with van der Waals surface area (Å²) in [7, 11) is 0. The molecule has 0 aromatic carbocycles. The summed E-state index contributed by atoms with van der Waals surface area (Å²) in [5.74, 6) is -1.81. The highest BCUT2D eigenvalue weighted by atomic mass is 79.9. The Bertz CT molecular complexity index is 234. The molecule has 3 nitrogen and oxygen atoms in total. The van der Waals surface area contributed by atoms with Gasteiger partial charge in [0.15, 0.2) is 5.78 Å². The summed E-state index contributed by atoms with van der Waals surface area (Å²) in [6.45, 7) is 2.06. The predicted octanol–water partition coefficient (Wildman–Crippen LogP) is 1.21. The highest BCUT2D eigenvalue weighted by molar-refractivity contribution is 9.09. The lowest BCUT2D eigenvalue weighted by Gasteiger charge is -2.05. The van der Waals surface area contributed by atoms with E-state index in [0.717, 1.165) is 19.3 Å². The number of rotatable bonds is 7. The lowest BCUT2D eigenvalue weighted by molar-refractivity contribution is -0.298. The SMILES string of the molecule is CCCCC/C=C(/C(=O)[O-])C(=O)CBr. The fourth-order valence-corrected chi connectivity index (χ4v) is 1.33. The summed E-state index contributed by atoms with van der Waals surface area (Å²) in [6.07, 6.45) is 5.09. The smallest absolute Gasteiger partial charge is 0.174 e. The normalized spacial score (nSPS) is 11.4. The van der Waals surface area contributed by atoms with Crippen molar-refractivity contribution in [3.63, 3.8) is 0 Å². The maximum Gasteiger partial charge on any atom is 0.174 e. The van der Waals surface area contributed by atoms with Crippen LogP contribution in [0.2, 0.25) is 0 Å². The van der Waals surface area contributed by atoms with Crippen molar-refractivity contribution in [3.8, 4) is 0 Å². The van der Waals surface area contributed by atoms with Crippen LogP contribution in [0, 0.1) is 0 Å². The summed E-state index contributed by atoms with van der Waals surface area (Å²) in [5, 5.41) is 10.6. The number of halogens is 1. The molecule has 0 heterocycles. The fraction of sp³-hybridized carbons (Fsp3) is 0.600. The first-order valence-electron chi connectivity index (χ1n) is 4.64. The molecule has 0 spiro atoms. The molecule has 0 fully saturated rings. The number of aliphatic carboxylic acids is 1. The number of ketones is 1. The van der Waals surface area contributed by atoms with Gasteiger partial charge in [-0.3, -0.25) is 4.79 Å². The molecule has 0 radical (unpaired) electrons. The Balaban J connectivity index is 4.20. The van der Waals surface area contributed by atoms with Crippen molar-refractivity contribution in [2.24, 2.45) is 0 Å². The first kappa shape index (κ1) is 13.4. The molecule has 0 aromatic heterocycles. The Kier molecular flexibility index (Phi) is 7.38. The summed E-state index contributed by atoms with van der Waals surface area (Å²) >= 11 is 2.92. The van der Waals surface area contributed by atoms with Crippen LogP contribution in [-0.2, 0) is 9.59 Å². The molecule has 0 N–H and O–H groups in total. The average Bonchev–Trinajstić information content (AvgIpc) is 2.16. The highest BCUT2D eigenvalue weighted by Gasteiger charge is 2.07. The van der Waals surface area contributed by atoms with Gasteiger partial charge in [0.25, 0.3) is 0 Å². The van der Waals surface area contributed by atoms with Crippen LogP contribution in [0.15, 0.2) is 11.6 Å². The monoisotopic (exact) mass is 261 g/mol. The number of hydrogen-bond acceptors (Lipinski definition) is 3. The van der Waals surface area contributed by atoms with Crippen LogP contribution in [0.4, 0.5) is 0 Å². The van der Waals surface area contributed by atoms with E-state index in [1.807, 2.05) is 0 Å². The quantitative estimate of drug-likeness (QED) is 0.228. The van der Waals surface area contributed by atoms with Crippen LogP contribution < -0.4 is 5.11 Å². The molecule has 0 aliphatic carbocycles. The number of carbonyl (C=O) groups is 2. The molecule has 0 aliphatic rings. The third-order valence-corrected chi connectivity index (χ3v) is 2.31. The molecular formula is C10H14BrO3-. The van der Waals surface area contributed by atoms with Crippen molar-refractivity contribution in [1.82, 2.24) is 0 Å². The molecule has 0 bridgehead atoms. The van der Waals surface area contributed by atoms with Gasteiger partial charge in [0.1, 0.15) is 0 Å². The van der Waals surface area contributed by atoms with Crippen LogP contribution in [0.3, 0.4) is 0 Å². The van der Waals surface area contributed by atoms with Crippen molar-refractivity contribution in [3.05, 3.63) is 11.6 Å². The van der Waals surface area contributed by atoms with Gasteiger partial charge in [-0.25, -0.2) is 0 Å². The minimum Gasteiger partial charge on any atom is -0.545 e. The Morgan fingerprint density at radius 1 is 1.36 bits per heavy atom. The first-order valence-corrected chi connectivity index (χ1v) is 5.76. The van der Waals surface area contributed by atoms with E-state index in [1.165, 1.54) is 6.08 Å². The van der Waals surface area contributed by atoms with Crippen molar-refractivity contribution in [2.75, 3.05) is 5.33 Å². The zero-order valence-electron chi connectivity index (χ0n) is 8.22. The van der Waals surface area contributed by atoms with Gasteiger partial charge >= 0.3 is 0 Å². The van der Waals surface area contributed by atoms with Crippen molar-refractivity contribution in [2.45, 2.75) is 32.6 Å². The predicted molar refractivity (Wildman–Crippen MR) is 56.0 cm³/mol. The molecule has 0 aliphatic heterocycles. The zero-order chi connectivity index (χ0) is 11.0. The summed E-state index contributed by atoms with van der Waals surface area (Å²) in [4.78, 5) is 21.6. The fourth-order valence-electron chi connectivity index (χ4n) is 1.02. The highest BCUT2D eigenvalue weighted by Crippen LogP contribution is 2.05. The molecule has 0 atom stereocenters. The van der Waals surface area contributed by atoms with E-state index in [2.05, 4.69) is 22.9 Å². The van der Waals surface area contributed by atoms with Crippen LogP contribution in [0.25, 0.3) is 0 Å². The van der Waals surface area contributed by atoms with E-state index in [0.29, 0.717) is 6.42 Å². The largest absolute Gasteiger partial charge is 0.545 e. The number of alkyl halides is 1. The maximum atomic E-state index is 11.1. The molecular weight excluding hydrogens is 248 g/mol. The van der Waals surface area contributed by atoms with E-state index in [4.69, 9.17) is 0 Å². The third kappa shape index (κ3) is 5.17. The second-order valence-corrected chi connectivity index (χ2v) is 3.52. The van der Waals surface area contributed by atoms with Crippen molar-refractivity contribution >= 4 is 27.7 Å². The van der Waals surface area contributed by atoms with E-state index in [1.54, 1.807) is 0 Å². The van der Waals surface area contributed by atoms with E-state index >= 15 is 0 Å². The molecule has 14 heavy (non-hydrogen) atoms. The second-order valence-electron chi connectivity index (χ2n) is 2.96. The summed E-state index contributed by atoms with van der Waals surface area (Å²) in [5.41, 5.74) is -0.210. The number of carboxylic acid groups (broad SMARTS) is 1. The Morgan fingerprint density at radius 2 is 2.00 bits per heavy atom. The molecule has 4 heteroatoms. The molecule has 0 amide bonds. The molecule has 0 saturated carbocycles. The molecule has 0 saturated heterocycles. The number of allylic oxidation sites excluding steroid dienone is 1. The van der Waals surface area contributed by atoms with E-state index in [-0.39, 0.29) is 10.9 Å². The van der Waals surface area contributed by atoms with E-state index < -0.39 is 11.8 Å². The van der Waals surface area contributed by atoms with Gasteiger partial charge in [0.05, 0.1) is 11.3 Å². The Labute approximate surface area is 92.3 Å². The number of Topliss-reactive ketones (excluding diaryl/α,β-unsaturated/α-hetero) is 1. The lowest BCUT2D eigenvalue weighted by Crippen LogP contribution is -2.29. The first-order chi connectivity index (χ1) is 6.63. The van der Waals surface area contributed by atoms with Gasteiger partial charge in [-0.1, -0.05) is 41.8 Å². The molecule has 0 unspecified atom stereocenters. The van der Waals surface area contributed by atoms with Crippen LogP contribution in [0.5, 0.6) is 0 Å². The van der Waals surface area contributed by atoms with Gasteiger partial charge < -0.3 is 9.90 Å². The zero-order valence-corrected chi connectivity index (χ0v) is 9.80. The van der Waals surface area contributed by atoms with Gasteiger partial charge in [-0.05, 0) is 12.8 Å². The lowest BCUT2D eigenvalue weighted by atomic mass is 10.1. The van der Waals surface area contributed by atoms with E-state index in [9.17, 15) is 14.7 Å². The average molecular weight is 262 g/mol. The van der Waals surface area contributed by atoms with Crippen LogP contribution in [-0.4, -0.2) is 17.1 Å². The minimum absolute atomic E-state index is 0.0284. The number of carbonyl (C=O) groups excluding carboxylic acids is 2. The van der Waals surface area contributed by atoms with Gasteiger partial charge in [0.2, 0.25) is 0 Å².